The van der Waals surface area contributed by atoms with E-state index in [9.17, 15) is 9.90 Å². The first-order valence-corrected chi connectivity index (χ1v) is 4.62. The molecule has 1 aromatic carbocycles. The van der Waals surface area contributed by atoms with Gasteiger partial charge in [0.25, 0.3) is 0 Å². The smallest absolute Gasteiger partial charge is 0.142 e. The van der Waals surface area contributed by atoms with Gasteiger partial charge in [0.1, 0.15) is 12.0 Å². The zero-order valence-corrected chi connectivity index (χ0v) is 8.84. The van der Waals surface area contributed by atoms with Crippen molar-refractivity contribution < 1.29 is 9.90 Å². The Morgan fingerprint density at radius 2 is 2.15 bits per heavy atom. The van der Waals surface area contributed by atoms with E-state index < -0.39 is 0 Å². The van der Waals surface area contributed by atoms with E-state index in [1.807, 2.05) is 0 Å². The van der Waals surface area contributed by atoms with Crippen molar-refractivity contribution in [2.75, 3.05) is 0 Å². The van der Waals surface area contributed by atoms with Crippen LogP contribution >= 0.6 is 27.5 Å². The fraction of sp³-hybridized carbons (Fsp3) is 0. The number of phenolic OH excluding ortho intramolecular Hbond substituents is 1. The second kappa shape index (κ2) is 4.44. The Morgan fingerprint density at radius 1 is 1.46 bits per heavy atom. The molecule has 1 aromatic rings. The summed E-state index contributed by atoms with van der Waals surface area (Å²) in [6, 6.07) is 3.15. The highest BCUT2D eigenvalue weighted by atomic mass is 79.9. The molecule has 0 aliphatic rings. The molecule has 0 spiro atoms. The van der Waals surface area contributed by atoms with E-state index in [4.69, 9.17) is 11.6 Å². The molecule has 0 saturated carbocycles. The molecular formula is C9H6BrClO2. The summed E-state index contributed by atoms with van der Waals surface area (Å²) in [5.41, 5.74) is 0.506. The maximum Gasteiger partial charge on any atom is 0.142 e. The summed E-state index contributed by atoms with van der Waals surface area (Å²) >= 11 is 8.87. The average molecular weight is 262 g/mol. The predicted octanol–water partition coefficient (Wildman–Crippen LogP) is 3.02. The van der Waals surface area contributed by atoms with Crippen LogP contribution in [-0.2, 0) is 4.79 Å². The van der Waals surface area contributed by atoms with E-state index in [1.54, 1.807) is 12.1 Å². The topological polar surface area (TPSA) is 37.3 Å². The summed E-state index contributed by atoms with van der Waals surface area (Å²) in [4.78, 5) is 10.0. The average Bonchev–Trinajstić information content (AvgIpc) is 2.09. The van der Waals surface area contributed by atoms with Crippen LogP contribution in [0.25, 0.3) is 6.08 Å². The van der Waals surface area contributed by atoms with E-state index in [2.05, 4.69) is 15.9 Å². The van der Waals surface area contributed by atoms with Crippen LogP contribution in [0.3, 0.4) is 0 Å². The van der Waals surface area contributed by atoms with Gasteiger partial charge in [0.15, 0.2) is 0 Å². The first-order chi connectivity index (χ1) is 6.15. The van der Waals surface area contributed by atoms with E-state index >= 15 is 0 Å². The van der Waals surface area contributed by atoms with Crippen molar-refractivity contribution in [2.24, 2.45) is 0 Å². The number of aromatic hydroxyl groups is 1. The summed E-state index contributed by atoms with van der Waals surface area (Å²) in [6.45, 7) is 0. The number of phenols is 1. The molecule has 0 aromatic heterocycles. The van der Waals surface area contributed by atoms with E-state index in [0.29, 0.717) is 21.3 Å². The zero-order chi connectivity index (χ0) is 9.84. The standard InChI is InChI=1S/C9H6BrClO2/c10-8-5-7(11)4-6(9(8)13)2-1-3-12/h1-5,13H. The Balaban J connectivity index is 3.19. The van der Waals surface area contributed by atoms with Crippen molar-refractivity contribution in [1.29, 1.82) is 0 Å². The first-order valence-electron chi connectivity index (χ1n) is 3.45. The van der Waals surface area contributed by atoms with Gasteiger partial charge in [-0.2, -0.15) is 0 Å². The molecule has 0 amide bonds. The Morgan fingerprint density at radius 3 is 2.77 bits per heavy atom. The Kier molecular flexibility index (Phi) is 3.51. The second-order valence-electron chi connectivity index (χ2n) is 2.32. The molecule has 0 unspecified atom stereocenters. The van der Waals surface area contributed by atoms with Gasteiger partial charge in [0.05, 0.1) is 4.47 Å². The molecule has 0 aliphatic carbocycles. The van der Waals surface area contributed by atoms with Gasteiger partial charge in [-0.3, -0.25) is 4.79 Å². The Bertz CT molecular complexity index is 361. The quantitative estimate of drug-likeness (QED) is 0.656. The minimum atomic E-state index is 0.0718. The molecule has 1 N–H and O–H groups in total. The fourth-order valence-electron chi connectivity index (χ4n) is 0.856. The third-order valence-electron chi connectivity index (χ3n) is 1.41. The second-order valence-corrected chi connectivity index (χ2v) is 3.61. The molecule has 68 valence electrons. The van der Waals surface area contributed by atoms with Gasteiger partial charge in [-0.15, -0.1) is 0 Å². The lowest BCUT2D eigenvalue weighted by molar-refractivity contribution is -0.104. The molecule has 0 saturated heterocycles. The largest absolute Gasteiger partial charge is 0.506 e. The SMILES string of the molecule is O=CC=Cc1cc(Cl)cc(Br)c1O. The van der Waals surface area contributed by atoms with Crippen LogP contribution in [0.5, 0.6) is 5.75 Å². The van der Waals surface area contributed by atoms with Gasteiger partial charge in [-0.25, -0.2) is 0 Å². The van der Waals surface area contributed by atoms with Gasteiger partial charge in [0.2, 0.25) is 0 Å². The monoisotopic (exact) mass is 260 g/mol. The summed E-state index contributed by atoms with van der Waals surface area (Å²) in [6.07, 6.45) is 3.41. The number of aldehydes is 1. The Hall–Kier alpha value is -0.800. The molecule has 0 atom stereocenters. The van der Waals surface area contributed by atoms with Gasteiger partial charge >= 0.3 is 0 Å². The third kappa shape index (κ3) is 2.57. The summed E-state index contributed by atoms with van der Waals surface area (Å²) in [7, 11) is 0. The van der Waals surface area contributed by atoms with E-state index in [1.165, 1.54) is 12.2 Å². The highest BCUT2D eigenvalue weighted by Gasteiger charge is 2.04. The summed E-state index contributed by atoms with van der Waals surface area (Å²) in [5, 5.41) is 9.97. The molecule has 0 fully saturated rings. The van der Waals surface area contributed by atoms with Crippen LogP contribution < -0.4 is 0 Å². The van der Waals surface area contributed by atoms with Gasteiger partial charge in [0, 0.05) is 10.6 Å². The summed E-state index contributed by atoms with van der Waals surface area (Å²) in [5.74, 6) is 0.0718. The number of rotatable bonds is 2. The predicted molar refractivity (Wildman–Crippen MR) is 55.9 cm³/mol. The Labute approximate surface area is 89.0 Å². The van der Waals surface area contributed by atoms with Crippen molar-refractivity contribution in [2.45, 2.75) is 0 Å². The number of halogens is 2. The van der Waals surface area contributed by atoms with Crippen molar-refractivity contribution in [3.63, 3.8) is 0 Å². The van der Waals surface area contributed by atoms with Crippen LogP contribution in [0.2, 0.25) is 5.02 Å². The number of carbonyl (C=O) groups is 1. The fourth-order valence-corrected chi connectivity index (χ4v) is 1.69. The van der Waals surface area contributed by atoms with E-state index in [-0.39, 0.29) is 5.75 Å². The lowest BCUT2D eigenvalue weighted by atomic mass is 10.2. The zero-order valence-electron chi connectivity index (χ0n) is 6.50. The van der Waals surface area contributed by atoms with Gasteiger partial charge in [-0.05, 0) is 40.2 Å². The van der Waals surface area contributed by atoms with Gasteiger partial charge < -0.3 is 5.11 Å². The molecule has 1 rings (SSSR count). The van der Waals surface area contributed by atoms with Crippen molar-refractivity contribution in [1.82, 2.24) is 0 Å². The molecule has 13 heavy (non-hydrogen) atoms. The number of benzene rings is 1. The lowest BCUT2D eigenvalue weighted by Gasteiger charge is -2.01. The lowest BCUT2D eigenvalue weighted by Crippen LogP contribution is -1.77. The first kappa shape index (κ1) is 10.3. The maximum atomic E-state index is 10.0. The molecule has 0 bridgehead atoms. The third-order valence-corrected chi connectivity index (χ3v) is 2.23. The molecule has 0 radical (unpaired) electrons. The van der Waals surface area contributed by atoms with Crippen molar-refractivity contribution in [3.05, 3.63) is 33.3 Å². The minimum absolute atomic E-state index is 0.0718. The molecule has 0 heterocycles. The summed E-state index contributed by atoms with van der Waals surface area (Å²) < 4.78 is 0.505. The van der Waals surface area contributed by atoms with Crippen LogP contribution in [0, 0.1) is 0 Å². The van der Waals surface area contributed by atoms with Crippen molar-refractivity contribution >= 4 is 39.9 Å². The van der Waals surface area contributed by atoms with E-state index in [0.717, 1.165) is 0 Å². The van der Waals surface area contributed by atoms with Gasteiger partial charge in [-0.1, -0.05) is 11.6 Å². The number of hydrogen-bond acceptors (Lipinski definition) is 2. The van der Waals surface area contributed by atoms with Crippen LogP contribution in [-0.4, -0.2) is 11.4 Å². The van der Waals surface area contributed by atoms with Crippen molar-refractivity contribution in [3.8, 4) is 5.75 Å². The van der Waals surface area contributed by atoms with Crippen LogP contribution in [0.1, 0.15) is 5.56 Å². The minimum Gasteiger partial charge on any atom is -0.506 e. The molecular weight excluding hydrogens is 255 g/mol. The number of hydrogen-bond donors (Lipinski definition) is 1. The normalized spacial score (nSPS) is 10.6. The highest BCUT2D eigenvalue weighted by molar-refractivity contribution is 9.10. The number of carbonyl (C=O) groups excluding carboxylic acids is 1. The van der Waals surface area contributed by atoms with Crippen LogP contribution in [0.15, 0.2) is 22.7 Å². The maximum absolute atomic E-state index is 10.0. The molecule has 0 aliphatic heterocycles. The molecule has 2 nitrogen and oxygen atoms in total. The van der Waals surface area contributed by atoms with Crippen LogP contribution in [0.4, 0.5) is 0 Å². The molecule has 4 heteroatoms. The number of allylic oxidation sites excluding steroid dienone is 1. The highest BCUT2D eigenvalue weighted by Crippen LogP contribution is 2.32.